The Hall–Kier alpha value is -0.610. The van der Waals surface area contributed by atoms with Gasteiger partial charge in [0.05, 0.1) is 19.2 Å². The zero-order chi connectivity index (χ0) is 13.0. The molecule has 104 valence electrons. The van der Waals surface area contributed by atoms with Crippen molar-refractivity contribution in [3.05, 3.63) is 0 Å². The van der Waals surface area contributed by atoms with E-state index in [2.05, 4.69) is 0 Å². The lowest BCUT2D eigenvalue weighted by Gasteiger charge is -2.44. The molecule has 1 heterocycles. The van der Waals surface area contributed by atoms with Crippen LogP contribution in [-0.2, 0) is 14.3 Å². The smallest absolute Gasteiger partial charge is 0.302 e. The van der Waals surface area contributed by atoms with Crippen LogP contribution in [0.1, 0.15) is 39.0 Å². The molecular weight excluding hydrogens is 230 g/mol. The summed E-state index contributed by atoms with van der Waals surface area (Å²) in [6.07, 6.45) is 6.29. The van der Waals surface area contributed by atoms with Gasteiger partial charge in [-0.05, 0) is 19.3 Å². The van der Waals surface area contributed by atoms with E-state index in [0.717, 1.165) is 26.1 Å². The highest BCUT2D eigenvalue weighted by molar-refractivity contribution is 5.66. The van der Waals surface area contributed by atoms with E-state index in [4.69, 9.17) is 9.47 Å². The van der Waals surface area contributed by atoms with E-state index in [1.54, 1.807) is 12.0 Å². The first-order chi connectivity index (χ1) is 8.72. The van der Waals surface area contributed by atoms with Gasteiger partial charge in [0.25, 0.3) is 0 Å². The maximum Gasteiger partial charge on any atom is 0.302 e. The first kappa shape index (κ1) is 13.8. The van der Waals surface area contributed by atoms with E-state index in [1.165, 1.54) is 32.6 Å². The Kier molecular flexibility index (Phi) is 5.01. The van der Waals surface area contributed by atoms with Crippen LogP contribution in [0.4, 0.5) is 0 Å². The summed E-state index contributed by atoms with van der Waals surface area (Å²) in [7, 11) is 1.77. The minimum atomic E-state index is -0.121. The molecule has 0 aromatic rings. The summed E-state index contributed by atoms with van der Waals surface area (Å²) in [5.41, 5.74) is 0. The fraction of sp³-hybridized carbons (Fsp3) is 0.929. The molecule has 0 bridgehead atoms. The standard InChI is InChI=1S/C14H25NO3/c1-11(16)18-14-7-8-15(9-10-17-2)13-6-4-3-5-12(13)14/h12-14H,3-10H2,1-2H3/p+1/t12-,13+,14+/m1/s1. The molecule has 1 unspecified atom stereocenters. The third kappa shape index (κ3) is 3.23. The number of nitrogens with one attached hydrogen (secondary N) is 1. The van der Waals surface area contributed by atoms with Gasteiger partial charge in [0.2, 0.25) is 0 Å². The number of carbonyl (C=O) groups is 1. The molecule has 1 aliphatic heterocycles. The van der Waals surface area contributed by atoms with Gasteiger partial charge in [0, 0.05) is 26.4 Å². The van der Waals surface area contributed by atoms with Crippen LogP contribution in [0.15, 0.2) is 0 Å². The average molecular weight is 256 g/mol. The molecule has 4 atom stereocenters. The highest BCUT2D eigenvalue weighted by atomic mass is 16.5. The van der Waals surface area contributed by atoms with E-state index in [9.17, 15) is 4.79 Å². The van der Waals surface area contributed by atoms with Gasteiger partial charge in [0.15, 0.2) is 0 Å². The second-order valence-corrected chi connectivity index (χ2v) is 5.64. The summed E-state index contributed by atoms with van der Waals surface area (Å²) in [5.74, 6) is 0.452. The molecule has 1 N–H and O–H groups in total. The Balaban J connectivity index is 1.98. The molecule has 0 aromatic carbocycles. The lowest BCUT2D eigenvalue weighted by Crippen LogP contribution is -3.18. The van der Waals surface area contributed by atoms with Gasteiger partial charge in [-0.3, -0.25) is 4.79 Å². The number of piperidine rings is 1. The van der Waals surface area contributed by atoms with Gasteiger partial charge >= 0.3 is 5.97 Å². The minimum absolute atomic E-state index is 0.121. The van der Waals surface area contributed by atoms with Gasteiger partial charge in [-0.15, -0.1) is 0 Å². The summed E-state index contributed by atoms with van der Waals surface area (Å²) >= 11 is 0. The molecule has 1 aliphatic carbocycles. The Labute approximate surface area is 110 Å². The highest BCUT2D eigenvalue weighted by Gasteiger charge is 2.43. The normalized spacial score (nSPS) is 35.9. The van der Waals surface area contributed by atoms with Gasteiger partial charge in [-0.2, -0.15) is 0 Å². The lowest BCUT2D eigenvalue weighted by atomic mass is 9.76. The highest BCUT2D eigenvalue weighted by Crippen LogP contribution is 2.30. The van der Waals surface area contributed by atoms with Crippen molar-refractivity contribution in [2.75, 3.05) is 26.8 Å². The molecule has 4 nitrogen and oxygen atoms in total. The summed E-state index contributed by atoms with van der Waals surface area (Å²) < 4.78 is 10.7. The number of likely N-dealkylation sites (tertiary alicyclic amines) is 1. The number of esters is 1. The van der Waals surface area contributed by atoms with E-state index in [0.29, 0.717) is 12.0 Å². The van der Waals surface area contributed by atoms with Crippen molar-refractivity contribution in [1.82, 2.24) is 0 Å². The number of hydrogen-bond acceptors (Lipinski definition) is 3. The zero-order valence-electron chi connectivity index (χ0n) is 11.6. The largest absolute Gasteiger partial charge is 0.462 e. The Morgan fingerprint density at radius 1 is 1.28 bits per heavy atom. The van der Waals surface area contributed by atoms with E-state index in [1.807, 2.05) is 0 Å². The van der Waals surface area contributed by atoms with Crippen molar-refractivity contribution in [2.24, 2.45) is 5.92 Å². The molecule has 2 aliphatic rings. The Morgan fingerprint density at radius 3 is 2.78 bits per heavy atom. The maximum absolute atomic E-state index is 11.2. The summed E-state index contributed by atoms with van der Waals surface area (Å²) in [4.78, 5) is 12.8. The van der Waals surface area contributed by atoms with Crippen molar-refractivity contribution in [2.45, 2.75) is 51.2 Å². The Bertz CT molecular complexity index is 282. The fourth-order valence-electron chi connectivity index (χ4n) is 3.74. The number of quaternary nitrogens is 1. The topological polar surface area (TPSA) is 40.0 Å². The van der Waals surface area contributed by atoms with Crippen LogP contribution in [-0.4, -0.2) is 44.9 Å². The molecule has 2 rings (SSSR count). The van der Waals surface area contributed by atoms with Crippen LogP contribution in [0, 0.1) is 5.92 Å². The number of rotatable bonds is 4. The average Bonchev–Trinajstić information content (AvgIpc) is 2.37. The Morgan fingerprint density at radius 2 is 2.06 bits per heavy atom. The molecule has 0 amide bonds. The molecule has 2 fully saturated rings. The molecule has 4 heteroatoms. The first-order valence-electron chi connectivity index (χ1n) is 7.23. The van der Waals surface area contributed by atoms with Crippen LogP contribution in [0.2, 0.25) is 0 Å². The van der Waals surface area contributed by atoms with Crippen LogP contribution in [0.5, 0.6) is 0 Å². The van der Waals surface area contributed by atoms with Crippen molar-refractivity contribution in [3.63, 3.8) is 0 Å². The number of ether oxygens (including phenoxy) is 2. The number of fused-ring (bicyclic) bond motifs is 1. The molecule has 18 heavy (non-hydrogen) atoms. The summed E-state index contributed by atoms with van der Waals surface area (Å²) in [6, 6.07) is 0.673. The lowest BCUT2D eigenvalue weighted by molar-refractivity contribution is -0.937. The van der Waals surface area contributed by atoms with Crippen molar-refractivity contribution < 1.29 is 19.2 Å². The van der Waals surface area contributed by atoms with Crippen LogP contribution >= 0.6 is 0 Å². The van der Waals surface area contributed by atoms with E-state index >= 15 is 0 Å². The van der Waals surface area contributed by atoms with Crippen LogP contribution in [0.25, 0.3) is 0 Å². The quantitative estimate of drug-likeness (QED) is 0.741. The maximum atomic E-state index is 11.2. The summed E-state index contributed by atoms with van der Waals surface area (Å²) in [6.45, 7) is 4.56. The van der Waals surface area contributed by atoms with Gasteiger partial charge in [0.1, 0.15) is 12.6 Å². The van der Waals surface area contributed by atoms with E-state index < -0.39 is 0 Å². The first-order valence-corrected chi connectivity index (χ1v) is 7.23. The van der Waals surface area contributed by atoms with Gasteiger partial charge in [-0.1, -0.05) is 6.42 Å². The molecular formula is C14H26NO3+. The van der Waals surface area contributed by atoms with Crippen LogP contribution in [0.3, 0.4) is 0 Å². The van der Waals surface area contributed by atoms with Crippen LogP contribution < -0.4 is 4.90 Å². The second-order valence-electron chi connectivity index (χ2n) is 5.64. The van der Waals surface area contributed by atoms with Gasteiger partial charge in [-0.25, -0.2) is 0 Å². The third-order valence-corrected chi connectivity index (χ3v) is 4.52. The number of methoxy groups -OCH3 is 1. The number of carbonyl (C=O) groups excluding carboxylic acids is 1. The molecule has 0 radical (unpaired) electrons. The van der Waals surface area contributed by atoms with Gasteiger partial charge < -0.3 is 14.4 Å². The van der Waals surface area contributed by atoms with Crippen molar-refractivity contribution >= 4 is 5.97 Å². The molecule has 1 saturated carbocycles. The molecule has 1 saturated heterocycles. The zero-order valence-corrected chi connectivity index (χ0v) is 11.6. The molecule has 0 spiro atoms. The predicted octanol–water partition coefficient (Wildman–Crippen LogP) is 0.412. The summed E-state index contributed by atoms with van der Waals surface area (Å²) in [5, 5.41) is 0. The van der Waals surface area contributed by atoms with Crippen molar-refractivity contribution in [3.8, 4) is 0 Å². The van der Waals surface area contributed by atoms with Crippen molar-refractivity contribution in [1.29, 1.82) is 0 Å². The minimum Gasteiger partial charge on any atom is -0.462 e. The fourth-order valence-corrected chi connectivity index (χ4v) is 3.74. The van der Waals surface area contributed by atoms with E-state index in [-0.39, 0.29) is 12.1 Å². The monoisotopic (exact) mass is 256 g/mol. The SMILES string of the molecule is COCC[NH+]1CC[C@H](OC(C)=O)[C@@H]2CCCC[C@@H]21. The predicted molar refractivity (Wildman–Crippen MR) is 68.5 cm³/mol. The number of hydrogen-bond donors (Lipinski definition) is 1. The third-order valence-electron chi connectivity index (χ3n) is 4.52. The molecule has 0 aromatic heterocycles. The second kappa shape index (κ2) is 6.53.